The number of aromatic amines is 1. The van der Waals surface area contributed by atoms with E-state index in [9.17, 15) is 5.11 Å². The second kappa shape index (κ2) is 4.43. The third-order valence-corrected chi connectivity index (χ3v) is 3.32. The summed E-state index contributed by atoms with van der Waals surface area (Å²) in [5.41, 5.74) is 5.35. The number of aromatic nitrogens is 2. The molecule has 1 aromatic heterocycles. The number of aromatic hydroxyl groups is 1. The van der Waals surface area contributed by atoms with Gasteiger partial charge in [-0.1, -0.05) is 24.3 Å². The number of benzene rings is 2. The predicted octanol–water partition coefficient (Wildman–Crippen LogP) is 3.48. The summed E-state index contributed by atoms with van der Waals surface area (Å²) >= 11 is 0. The van der Waals surface area contributed by atoms with E-state index in [-0.39, 0.29) is 0 Å². The zero-order valence-electron chi connectivity index (χ0n) is 11.1. The fourth-order valence-corrected chi connectivity index (χ4v) is 2.45. The van der Waals surface area contributed by atoms with Gasteiger partial charge in [0.2, 0.25) is 0 Å². The number of fused-ring (bicyclic) bond motifs is 1. The molecule has 0 spiro atoms. The second-order valence-electron chi connectivity index (χ2n) is 4.97. The topological polar surface area (TPSA) is 48.9 Å². The molecule has 3 nitrogen and oxygen atoms in total. The zero-order valence-corrected chi connectivity index (χ0v) is 11.1. The van der Waals surface area contributed by atoms with Gasteiger partial charge in [-0.25, -0.2) is 4.98 Å². The Hall–Kier alpha value is -2.29. The van der Waals surface area contributed by atoms with Crippen LogP contribution in [0.15, 0.2) is 36.4 Å². The van der Waals surface area contributed by atoms with Crippen molar-refractivity contribution in [2.24, 2.45) is 0 Å². The number of aryl methyl sites for hydroxylation is 2. The van der Waals surface area contributed by atoms with Crippen LogP contribution in [0, 0.1) is 13.8 Å². The Bertz CT molecular complexity index is 744. The number of nitrogens with one attached hydrogen (secondary N) is 1. The van der Waals surface area contributed by atoms with Crippen LogP contribution >= 0.6 is 0 Å². The van der Waals surface area contributed by atoms with Gasteiger partial charge in [0, 0.05) is 12.0 Å². The van der Waals surface area contributed by atoms with Crippen molar-refractivity contribution in [3.8, 4) is 5.75 Å². The summed E-state index contributed by atoms with van der Waals surface area (Å²) < 4.78 is 0. The first kappa shape index (κ1) is 11.8. The van der Waals surface area contributed by atoms with Crippen molar-refractivity contribution in [1.82, 2.24) is 9.97 Å². The molecule has 0 aliphatic heterocycles. The number of H-pyrrole nitrogens is 1. The molecule has 1 heterocycles. The fourth-order valence-electron chi connectivity index (χ4n) is 2.45. The van der Waals surface area contributed by atoms with Gasteiger partial charge < -0.3 is 10.1 Å². The Labute approximate surface area is 111 Å². The lowest BCUT2D eigenvalue weighted by molar-refractivity contribution is 0.469. The van der Waals surface area contributed by atoms with Crippen molar-refractivity contribution in [2.45, 2.75) is 20.3 Å². The molecule has 2 aromatic carbocycles. The van der Waals surface area contributed by atoms with Crippen LogP contribution in [0.4, 0.5) is 0 Å². The molecule has 0 bridgehead atoms. The van der Waals surface area contributed by atoms with Crippen LogP contribution in [0.5, 0.6) is 5.75 Å². The molecule has 0 aliphatic rings. The minimum absolute atomic E-state index is 0.316. The standard InChI is InChI=1S/C16H16N2O/c1-10-7-11(2)16-13(8-10)17-15(18-16)9-12-5-3-4-6-14(12)19/h3-8,19H,9H2,1-2H3,(H,17,18). The number of phenolic OH excluding ortho intramolecular Hbond substituents is 1. The van der Waals surface area contributed by atoms with E-state index in [1.165, 1.54) is 11.1 Å². The number of hydrogen-bond acceptors (Lipinski definition) is 2. The van der Waals surface area contributed by atoms with Crippen LogP contribution in [0.2, 0.25) is 0 Å². The normalized spacial score (nSPS) is 11.1. The number of hydrogen-bond donors (Lipinski definition) is 2. The third kappa shape index (κ3) is 2.19. The minimum atomic E-state index is 0.316. The maximum atomic E-state index is 9.80. The van der Waals surface area contributed by atoms with Crippen LogP contribution in [0.3, 0.4) is 0 Å². The molecule has 3 rings (SSSR count). The Kier molecular flexibility index (Phi) is 2.75. The van der Waals surface area contributed by atoms with Gasteiger partial charge in [0.25, 0.3) is 0 Å². The van der Waals surface area contributed by atoms with Crippen LogP contribution in [-0.4, -0.2) is 15.1 Å². The Morgan fingerprint density at radius 1 is 1.16 bits per heavy atom. The predicted molar refractivity (Wildman–Crippen MR) is 76.5 cm³/mol. The molecular weight excluding hydrogens is 236 g/mol. The van der Waals surface area contributed by atoms with Gasteiger partial charge in [0.15, 0.2) is 0 Å². The highest BCUT2D eigenvalue weighted by atomic mass is 16.3. The summed E-state index contributed by atoms with van der Waals surface area (Å²) in [6.07, 6.45) is 0.611. The van der Waals surface area contributed by atoms with Crippen molar-refractivity contribution in [3.63, 3.8) is 0 Å². The number of para-hydroxylation sites is 1. The highest BCUT2D eigenvalue weighted by Crippen LogP contribution is 2.22. The maximum Gasteiger partial charge on any atom is 0.119 e. The molecule has 0 atom stereocenters. The average Bonchev–Trinajstić information content (AvgIpc) is 2.75. The van der Waals surface area contributed by atoms with Crippen LogP contribution in [-0.2, 0) is 6.42 Å². The summed E-state index contributed by atoms with van der Waals surface area (Å²) in [5, 5.41) is 9.80. The first-order valence-corrected chi connectivity index (χ1v) is 6.36. The largest absolute Gasteiger partial charge is 0.508 e. The van der Waals surface area contributed by atoms with Crippen LogP contribution in [0.25, 0.3) is 11.0 Å². The van der Waals surface area contributed by atoms with E-state index >= 15 is 0 Å². The highest BCUT2D eigenvalue weighted by Gasteiger charge is 2.08. The van der Waals surface area contributed by atoms with Crippen LogP contribution in [0.1, 0.15) is 22.5 Å². The van der Waals surface area contributed by atoms with Crippen LogP contribution < -0.4 is 0 Å². The van der Waals surface area contributed by atoms with E-state index in [2.05, 4.69) is 35.9 Å². The first-order valence-electron chi connectivity index (χ1n) is 6.36. The Morgan fingerprint density at radius 3 is 2.74 bits per heavy atom. The fraction of sp³-hybridized carbons (Fsp3) is 0.188. The lowest BCUT2D eigenvalue weighted by atomic mass is 10.1. The molecule has 0 aliphatic carbocycles. The number of phenols is 1. The van der Waals surface area contributed by atoms with E-state index in [1.807, 2.05) is 18.2 Å². The Morgan fingerprint density at radius 2 is 1.95 bits per heavy atom. The van der Waals surface area contributed by atoms with Gasteiger partial charge in [0.1, 0.15) is 11.6 Å². The zero-order chi connectivity index (χ0) is 13.4. The summed E-state index contributed by atoms with van der Waals surface area (Å²) in [5.74, 6) is 1.20. The molecule has 96 valence electrons. The third-order valence-electron chi connectivity index (χ3n) is 3.32. The van der Waals surface area contributed by atoms with Gasteiger partial charge in [-0.15, -0.1) is 0 Å². The average molecular weight is 252 g/mol. The molecule has 3 heteroatoms. The van der Waals surface area contributed by atoms with E-state index in [1.54, 1.807) is 6.07 Å². The number of imidazole rings is 1. The molecule has 0 saturated carbocycles. The highest BCUT2D eigenvalue weighted by molar-refractivity contribution is 5.79. The Balaban J connectivity index is 2.03. The molecule has 0 saturated heterocycles. The number of nitrogens with zero attached hydrogens (tertiary/aromatic N) is 1. The summed E-state index contributed by atoms with van der Waals surface area (Å²) in [4.78, 5) is 7.95. The van der Waals surface area contributed by atoms with E-state index in [4.69, 9.17) is 0 Å². The van der Waals surface area contributed by atoms with Crippen molar-refractivity contribution in [3.05, 3.63) is 58.9 Å². The molecule has 3 aromatic rings. The summed E-state index contributed by atoms with van der Waals surface area (Å²) in [7, 11) is 0. The van der Waals surface area contributed by atoms with Gasteiger partial charge in [-0.05, 0) is 37.1 Å². The molecule has 0 fully saturated rings. The van der Waals surface area contributed by atoms with Crippen molar-refractivity contribution in [2.75, 3.05) is 0 Å². The molecular formula is C16H16N2O. The maximum absolute atomic E-state index is 9.80. The van der Waals surface area contributed by atoms with Gasteiger partial charge in [0.05, 0.1) is 11.0 Å². The van der Waals surface area contributed by atoms with Gasteiger partial charge in [-0.3, -0.25) is 0 Å². The van der Waals surface area contributed by atoms with E-state index < -0.39 is 0 Å². The second-order valence-corrected chi connectivity index (χ2v) is 4.97. The lowest BCUT2D eigenvalue weighted by Gasteiger charge is -2.00. The molecule has 2 N–H and O–H groups in total. The van der Waals surface area contributed by atoms with E-state index in [0.29, 0.717) is 12.2 Å². The summed E-state index contributed by atoms with van der Waals surface area (Å²) in [6, 6.07) is 11.6. The minimum Gasteiger partial charge on any atom is -0.508 e. The van der Waals surface area contributed by atoms with Crippen molar-refractivity contribution < 1.29 is 5.11 Å². The van der Waals surface area contributed by atoms with Crippen molar-refractivity contribution in [1.29, 1.82) is 0 Å². The molecule has 19 heavy (non-hydrogen) atoms. The van der Waals surface area contributed by atoms with Crippen molar-refractivity contribution >= 4 is 11.0 Å². The first-order chi connectivity index (χ1) is 9.13. The van der Waals surface area contributed by atoms with E-state index in [0.717, 1.165) is 22.4 Å². The SMILES string of the molecule is Cc1cc(C)c2nc(Cc3ccccc3O)[nH]c2c1. The molecule has 0 unspecified atom stereocenters. The lowest BCUT2D eigenvalue weighted by Crippen LogP contribution is -1.90. The molecule has 0 amide bonds. The monoisotopic (exact) mass is 252 g/mol. The quantitative estimate of drug-likeness (QED) is 0.733. The number of rotatable bonds is 2. The summed E-state index contributed by atoms with van der Waals surface area (Å²) in [6.45, 7) is 4.15. The molecule has 0 radical (unpaired) electrons. The smallest absolute Gasteiger partial charge is 0.119 e. The van der Waals surface area contributed by atoms with Gasteiger partial charge in [-0.2, -0.15) is 0 Å². The van der Waals surface area contributed by atoms with Gasteiger partial charge >= 0.3 is 0 Å².